The topological polar surface area (TPSA) is 56.5 Å². The van der Waals surface area contributed by atoms with Crippen molar-refractivity contribution in [2.45, 2.75) is 25.0 Å². The van der Waals surface area contributed by atoms with E-state index < -0.39 is 0 Å². The molecule has 1 heterocycles. The third kappa shape index (κ3) is 2.51. The molecule has 0 bridgehead atoms. The van der Waals surface area contributed by atoms with Crippen molar-refractivity contribution >= 4 is 5.69 Å². The second-order valence-electron chi connectivity index (χ2n) is 5.03. The van der Waals surface area contributed by atoms with Crippen LogP contribution in [-0.4, -0.2) is 32.5 Å². The highest BCUT2D eigenvalue weighted by atomic mass is 16.6. The molecule has 3 rings (SSSR count). The minimum absolute atomic E-state index is 0.191. The smallest absolute Gasteiger partial charge is 0.0933 e. The molecule has 18 heavy (non-hydrogen) atoms. The van der Waals surface area contributed by atoms with E-state index in [1.807, 2.05) is 6.07 Å². The van der Waals surface area contributed by atoms with Crippen LogP contribution in [0.25, 0.3) is 0 Å². The first-order valence-electron chi connectivity index (χ1n) is 6.64. The van der Waals surface area contributed by atoms with E-state index in [0.29, 0.717) is 19.3 Å². The van der Waals surface area contributed by atoms with Gasteiger partial charge in [0.1, 0.15) is 0 Å². The lowest BCUT2D eigenvalue weighted by Crippen LogP contribution is -2.38. The molecule has 4 heteroatoms. The lowest BCUT2D eigenvalue weighted by Gasteiger charge is -2.25. The largest absolute Gasteiger partial charge is 0.399 e. The average Bonchev–Trinajstić information content (AvgIpc) is 2.80. The molecule has 0 saturated carbocycles. The summed E-state index contributed by atoms with van der Waals surface area (Å²) >= 11 is 0. The number of anilines is 1. The number of ether oxygens (including phenoxy) is 2. The minimum Gasteiger partial charge on any atom is -0.399 e. The quantitative estimate of drug-likeness (QED) is 0.791. The van der Waals surface area contributed by atoms with Crippen molar-refractivity contribution in [1.82, 2.24) is 5.32 Å². The maximum absolute atomic E-state index is 5.81. The van der Waals surface area contributed by atoms with E-state index >= 15 is 0 Å². The lowest BCUT2D eigenvalue weighted by molar-refractivity contribution is -0.0870. The Bertz CT molecular complexity index is 416. The van der Waals surface area contributed by atoms with Gasteiger partial charge in [-0.2, -0.15) is 0 Å². The summed E-state index contributed by atoms with van der Waals surface area (Å²) < 4.78 is 11.0. The molecule has 1 aliphatic carbocycles. The zero-order valence-corrected chi connectivity index (χ0v) is 10.5. The SMILES string of the molecule is Nc1ccc2c(c1)CCC2NCC1COCCO1. The monoisotopic (exact) mass is 248 g/mol. The summed E-state index contributed by atoms with van der Waals surface area (Å²) in [6.45, 7) is 3.00. The summed E-state index contributed by atoms with van der Waals surface area (Å²) in [6.07, 6.45) is 2.45. The van der Waals surface area contributed by atoms with Gasteiger partial charge in [-0.25, -0.2) is 0 Å². The van der Waals surface area contributed by atoms with Crippen LogP contribution in [0.3, 0.4) is 0 Å². The Morgan fingerprint density at radius 1 is 1.33 bits per heavy atom. The summed E-state index contributed by atoms with van der Waals surface area (Å²) in [6, 6.07) is 6.66. The molecule has 4 nitrogen and oxygen atoms in total. The average molecular weight is 248 g/mol. The Kier molecular flexibility index (Phi) is 3.50. The zero-order valence-electron chi connectivity index (χ0n) is 10.5. The number of hydrogen-bond acceptors (Lipinski definition) is 4. The van der Waals surface area contributed by atoms with Crippen LogP contribution in [0.2, 0.25) is 0 Å². The fourth-order valence-corrected chi connectivity index (χ4v) is 2.78. The Morgan fingerprint density at radius 3 is 3.11 bits per heavy atom. The van der Waals surface area contributed by atoms with Crippen molar-refractivity contribution in [2.24, 2.45) is 0 Å². The van der Waals surface area contributed by atoms with Gasteiger partial charge in [0, 0.05) is 18.3 Å². The molecular formula is C14H20N2O2. The summed E-state index contributed by atoms with van der Waals surface area (Å²) in [5.74, 6) is 0. The van der Waals surface area contributed by atoms with Crippen molar-refractivity contribution < 1.29 is 9.47 Å². The molecule has 0 amide bonds. The van der Waals surface area contributed by atoms with Crippen LogP contribution in [-0.2, 0) is 15.9 Å². The number of fused-ring (bicyclic) bond motifs is 1. The van der Waals surface area contributed by atoms with Crippen LogP contribution in [0.1, 0.15) is 23.6 Å². The molecule has 2 unspecified atom stereocenters. The van der Waals surface area contributed by atoms with Gasteiger partial charge in [-0.15, -0.1) is 0 Å². The number of nitrogens with two attached hydrogens (primary N) is 1. The van der Waals surface area contributed by atoms with E-state index in [0.717, 1.165) is 31.7 Å². The first-order valence-corrected chi connectivity index (χ1v) is 6.64. The molecule has 1 saturated heterocycles. The molecule has 1 aromatic carbocycles. The number of nitrogen functional groups attached to an aromatic ring is 1. The van der Waals surface area contributed by atoms with Crippen molar-refractivity contribution in [3.05, 3.63) is 29.3 Å². The molecule has 1 aliphatic heterocycles. The molecule has 2 atom stereocenters. The predicted molar refractivity (Wildman–Crippen MR) is 70.5 cm³/mol. The Morgan fingerprint density at radius 2 is 2.28 bits per heavy atom. The number of nitrogens with one attached hydrogen (secondary N) is 1. The molecule has 0 aromatic heterocycles. The van der Waals surface area contributed by atoms with Crippen molar-refractivity contribution in [3.63, 3.8) is 0 Å². The van der Waals surface area contributed by atoms with Crippen LogP contribution in [0, 0.1) is 0 Å². The van der Waals surface area contributed by atoms with Gasteiger partial charge in [0.2, 0.25) is 0 Å². The van der Waals surface area contributed by atoms with E-state index in [1.165, 1.54) is 11.1 Å². The molecule has 0 spiro atoms. The minimum atomic E-state index is 0.191. The number of aryl methyl sites for hydroxylation is 1. The third-order valence-electron chi connectivity index (χ3n) is 3.72. The van der Waals surface area contributed by atoms with Gasteiger partial charge in [-0.1, -0.05) is 6.07 Å². The lowest BCUT2D eigenvalue weighted by atomic mass is 10.1. The number of hydrogen-bond donors (Lipinski definition) is 2. The van der Waals surface area contributed by atoms with E-state index in [9.17, 15) is 0 Å². The maximum atomic E-state index is 5.81. The summed E-state index contributed by atoms with van der Waals surface area (Å²) in [4.78, 5) is 0. The Labute approximate surface area is 107 Å². The van der Waals surface area contributed by atoms with Crippen LogP contribution < -0.4 is 11.1 Å². The van der Waals surface area contributed by atoms with Gasteiger partial charge < -0.3 is 20.5 Å². The standard InChI is InChI=1S/C14H20N2O2/c15-11-2-3-13-10(7-11)1-4-14(13)16-8-12-9-17-5-6-18-12/h2-3,7,12,14,16H,1,4-6,8-9,15H2. The van der Waals surface area contributed by atoms with Gasteiger partial charge in [0.15, 0.2) is 0 Å². The highest BCUT2D eigenvalue weighted by Gasteiger charge is 2.23. The van der Waals surface area contributed by atoms with Crippen LogP contribution in [0.15, 0.2) is 18.2 Å². The second kappa shape index (κ2) is 5.26. The molecule has 1 fully saturated rings. The second-order valence-corrected chi connectivity index (χ2v) is 5.03. The third-order valence-corrected chi connectivity index (χ3v) is 3.72. The predicted octanol–water partition coefficient (Wildman–Crippen LogP) is 1.26. The summed E-state index contributed by atoms with van der Waals surface area (Å²) in [5, 5.41) is 3.58. The first kappa shape index (κ1) is 12.0. The molecule has 3 N–H and O–H groups in total. The van der Waals surface area contributed by atoms with Crippen LogP contribution >= 0.6 is 0 Å². The normalized spacial score (nSPS) is 27.1. The molecule has 1 aromatic rings. The van der Waals surface area contributed by atoms with E-state index in [-0.39, 0.29) is 6.10 Å². The van der Waals surface area contributed by atoms with E-state index in [2.05, 4.69) is 17.4 Å². The highest BCUT2D eigenvalue weighted by Crippen LogP contribution is 2.32. The van der Waals surface area contributed by atoms with E-state index in [4.69, 9.17) is 15.2 Å². The van der Waals surface area contributed by atoms with Crippen molar-refractivity contribution in [3.8, 4) is 0 Å². The molecule has 0 radical (unpaired) electrons. The van der Waals surface area contributed by atoms with Gasteiger partial charge in [0.05, 0.1) is 25.9 Å². The summed E-state index contributed by atoms with van der Waals surface area (Å²) in [5.41, 5.74) is 9.44. The number of rotatable bonds is 3. The van der Waals surface area contributed by atoms with Crippen molar-refractivity contribution in [2.75, 3.05) is 32.1 Å². The van der Waals surface area contributed by atoms with Gasteiger partial charge in [-0.3, -0.25) is 0 Å². The zero-order chi connectivity index (χ0) is 12.4. The fraction of sp³-hybridized carbons (Fsp3) is 0.571. The van der Waals surface area contributed by atoms with Gasteiger partial charge in [-0.05, 0) is 36.1 Å². The Balaban J connectivity index is 1.59. The highest BCUT2D eigenvalue weighted by molar-refractivity contribution is 5.47. The van der Waals surface area contributed by atoms with Crippen molar-refractivity contribution in [1.29, 1.82) is 0 Å². The molecular weight excluding hydrogens is 228 g/mol. The fourth-order valence-electron chi connectivity index (χ4n) is 2.78. The van der Waals surface area contributed by atoms with Crippen LogP contribution in [0.4, 0.5) is 5.69 Å². The Hall–Kier alpha value is -1.10. The number of benzene rings is 1. The molecule has 98 valence electrons. The molecule has 2 aliphatic rings. The summed E-state index contributed by atoms with van der Waals surface area (Å²) in [7, 11) is 0. The van der Waals surface area contributed by atoms with Crippen LogP contribution in [0.5, 0.6) is 0 Å². The van der Waals surface area contributed by atoms with Gasteiger partial charge in [0.25, 0.3) is 0 Å². The van der Waals surface area contributed by atoms with E-state index in [1.54, 1.807) is 0 Å². The maximum Gasteiger partial charge on any atom is 0.0933 e. The van der Waals surface area contributed by atoms with Gasteiger partial charge >= 0.3 is 0 Å². The first-order chi connectivity index (χ1) is 8.83.